The van der Waals surface area contributed by atoms with Crippen LogP contribution < -0.4 is 16.8 Å². The highest BCUT2D eigenvalue weighted by Crippen LogP contribution is 2.30. The molecule has 35 heavy (non-hydrogen) atoms. The zero-order valence-corrected chi connectivity index (χ0v) is 23.5. The van der Waals surface area contributed by atoms with Crippen LogP contribution >= 0.6 is 0 Å². The lowest BCUT2D eigenvalue weighted by atomic mass is 9.80. The molecule has 1 heterocycles. The Balaban J connectivity index is -0.000000453. The van der Waals surface area contributed by atoms with Gasteiger partial charge in [-0.15, -0.1) is 0 Å². The molecule has 9 heteroatoms. The lowest BCUT2D eigenvalue weighted by molar-refractivity contribution is -0.138. The molecule has 1 saturated heterocycles. The molecule has 3 atom stereocenters. The second-order valence-corrected chi connectivity index (χ2v) is 9.20. The molecule has 0 spiro atoms. The average Bonchev–Trinajstić information content (AvgIpc) is 3.17. The van der Waals surface area contributed by atoms with Gasteiger partial charge < -0.3 is 26.8 Å². The Labute approximate surface area is 213 Å². The van der Waals surface area contributed by atoms with Gasteiger partial charge in [-0.05, 0) is 43.9 Å². The first-order valence-corrected chi connectivity index (χ1v) is 13.1. The van der Waals surface area contributed by atoms with Gasteiger partial charge in [0.25, 0.3) is 5.91 Å². The molecule has 1 aliphatic carbocycles. The number of nitrogens with two attached hydrogens (primary N) is 2. The third kappa shape index (κ3) is 17.1. The van der Waals surface area contributed by atoms with Gasteiger partial charge in [-0.1, -0.05) is 67.2 Å². The normalized spacial score (nSPS) is 19.0. The van der Waals surface area contributed by atoms with Crippen LogP contribution in [0, 0.1) is 17.8 Å². The van der Waals surface area contributed by atoms with Gasteiger partial charge in [0.1, 0.15) is 0 Å². The van der Waals surface area contributed by atoms with Crippen molar-refractivity contribution in [2.45, 2.75) is 105 Å². The number of hydrogen-bond acceptors (Lipinski definition) is 6. The van der Waals surface area contributed by atoms with Gasteiger partial charge >= 0.3 is 0 Å². The number of primary amides is 1. The van der Waals surface area contributed by atoms with Crippen LogP contribution in [0.4, 0.5) is 0 Å². The molecule has 1 saturated carbocycles. The summed E-state index contributed by atoms with van der Waals surface area (Å²) in [6.07, 6.45) is 7.83. The lowest BCUT2D eigenvalue weighted by Gasteiger charge is -2.28. The fraction of sp³-hybridized carbons (Fsp3) is 0.846. The minimum atomic E-state index is -0.983. The first-order chi connectivity index (χ1) is 16.6. The predicted octanol–water partition coefficient (Wildman–Crippen LogP) is 2.62. The van der Waals surface area contributed by atoms with E-state index in [4.69, 9.17) is 16.6 Å². The molecule has 0 aromatic carbocycles. The number of hydrogen-bond donors (Lipinski definition) is 4. The molecule has 208 valence electrons. The molecule has 2 fully saturated rings. The highest BCUT2D eigenvalue weighted by molar-refractivity contribution is 6.37. The monoisotopic (exact) mass is 502 g/mol. The minimum absolute atomic E-state index is 0.103. The maximum Gasteiger partial charge on any atom is 0.287 e. The van der Waals surface area contributed by atoms with E-state index in [2.05, 4.69) is 39.9 Å². The van der Waals surface area contributed by atoms with Crippen molar-refractivity contribution in [1.82, 2.24) is 10.2 Å². The van der Waals surface area contributed by atoms with Crippen LogP contribution in [0.1, 0.15) is 93.4 Å². The van der Waals surface area contributed by atoms with Gasteiger partial charge in [0.2, 0.25) is 18.1 Å². The average molecular weight is 503 g/mol. The van der Waals surface area contributed by atoms with Crippen LogP contribution in [0.5, 0.6) is 0 Å². The number of rotatable bonds is 9. The first-order valence-electron chi connectivity index (χ1n) is 13.1. The van der Waals surface area contributed by atoms with Crippen molar-refractivity contribution in [2.24, 2.45) is 29.2 Å². The molecule has 2 aliphatic rings. The number of nitrogens with zero attached hydrogens (tertiary/aromatic N) is 1. The van der Waals surface area contributed by atoms with Crippen molar-refractivity contribution in [3.63, 3.8) is 0 Å². The fourth-order valence-electron chi connectivity index (χ4n) is 3.80. The SMILES string of the molecule is CC.CC(C)C.CCC[C@H]1CCN(C(=O)CN)C1C.CO.NC(=O)C(=O)C(CC1CCC1)NC=O. The number of carbonyl (C=O) groups excluding carboxylic acids is 4. The molecule has 0 radical (unpaired) electrons. The van der Waals surface area contributed by atoms with E-state index in [0.29, 0.717) is 30.7 Å². The molecule has 0 aromatic rings. The van der Waals surface area contributed by atoms with Crippen molar-refractivity contribution >= 4 is 24.0 Å². The van der Waals surface area contributed by atoms with Crippen molar-refractivity contribution in [2.75, 3.05) is 20.2 Å². The van der Waals surface area contributed by atoms with Crippen molar-refractivity contribution < 1.29 is 24.3 Å². The van der Waals surface area contributed by atoms with Gasteiger partial charge in [-0.3, -0.25) is 19.2 Å². The van der Waals surface area contributed by atoms with Gasteiger partial charge in [0.15, 0.2) is 0 Å². The summed E-state index contributed by atoms with van der Waals surface area (Å²) < 4.78 is 0. The number of likely N-dealkylation sites (tertiary alicyclic amines) is 1. The Morgan fingerprint density at radius 2 is 1.63 bits per heavy atom. The first kappa shape index (κ1) is 37.5. The van der Waals surface area contributed by atoms with Crippen molar-refractivity contribution in [3.05, 3.63) is 0 Å². The van der Waals surface area contributed by atoms with Gasteiger partial charge in [-0.2, -0.15) is 0 Å². The van der Waals surface area contributed by atoms with E-state index in [-0.39, 0.29) is 12.5 Å². The number of Topliss-reactive ketones (excluding diaryl/α,β-unsaturated/α-hetero) is 1. The van der Waals surface area contributed by atoms with E-state index >= 15 is 0 Å². The Hall–Kier alpha value is -2.00. The van der Waals surface area contributed by atoms with E-state index in [1.54, 1.807) is 0 Å². The van der Waals surface area contributed by atoms with E-state index < -0.39 is 17.7 Å². The molecule has 2 rings (SSSR count). The van der Waals surface area contributed by atoms with Crippen LogP contribution in [-0.2, 0) is 19.2 Å². The maximum absolute atomic E-state index is 11.4. The lowest BCUT2D eigenvalue weighted by Crippen LogP contribution is -2.44. The van der Waals surface area contributed by atoms with Crippen LogP contribution in [0.25, 0.3) is 0 Å². The standard InChI is InChI=1S/C10H20N2O.C9H14N2O3.C4H10.C2H6.CH4O/c1-3-4-9-5-6-12(8(9)2)10(13)7-11;10-9(14)8(13)7(11-5-12)4-6-2-1-3-6;1-4(2)3;2*1-2/h8-9H,3-7,11H2,1-2H3;5-7H,1-4H2,(H2,10,14)(H,11,12);4H,1-3H3;1-2H3;2H,1H3/t8?,9-;;;;/m0..../s1. The summed E-state index contributed by atoms with van der Waals surface area (Å²) in [5.41, 5.74) is 10.2. The largest absolute Gasteiger partial charge is 0.400 e. The minimum Gasteiger partial charge on any atom is -0.400 e. The molecule has 6 N–H and O–H groups in total. The van der Waals surface area contributed by atoms with Gasteiger partial charge in [0, 0.05) is 19.7 Å². The number of carbonyl (C=O) groups is 4. The zero-order chi connectivity index (χ0) is 28.0. The Morgan fingerprint density at radius 1 is 1.11 bits per heavy atom. The highest BCUT2D eigenvalue weighted by atomic mass is 16.2. The highest BCUT2D eigenvalue weighted by Gasteiger charge is 2.32. The molecule has 0 bridgehead atoms. The Kier molecular flexibility index (Phi) is 25.5. The summed E-state index contributed by atoms with van der Waals surface area (Å²) in [5.74, 6) is 0.384. The van der Waals surface area contributed by atoms with Gasteiger partial charge in [-0.25, -0.2) is 0 Å². The van der Waals surface area contributed by atoms with E-state index in [0.717, 1.165) is 45.3 Å². The second kappa shape index (κ2) is 23.7. The summed E-state index contributed by atoms with van der Waals surface area (Å²) >= 11 is 0. The maximum atomic E-state index is 11.4. The van der Waals surface area contributed by atoms with Crippen LogP contribution in [0.3, 0.4) is 0 Å². The molecule has 0 aromatic heterocycles. The van der Waals surface area contributed by atoms with Crippen LogP contribution in [-0.4, -0.2) is 66.3 Å². The number of aliphatic hydroxyl groups excluding tert-OH is 1. The summed E-state index contributed by atoms with van der Waals surface area (Å²) in [6.45, 7) is 15.9. The van der Waals surface area contributed by atoms with Gasteiger partial charge in [0.05, 0.1) is 12.6 Å². The second-order valence-electron chi connectivity index (χ2n) is 9.20. The van der Waals surface area contributed by atoms with Crippen molar-refractivity contribution in [3.8, 4) is 0 Å². The topological polar surface area (TPSA) is 156 Å². The summed E-state index contributed by atoms with van der Waals surface area (Å²) in [4.78, 5) is 45.4. The zero-order valence-electron chi connectivity index (χ0n) is 23.5. The number of amides is 3. The molecule has 1 aliphatic heterocycles. The number of aliphatic hydroxyl groups is 1. The third-order valence-electron chi connectivity index (χ3n) is 5.69. The molecule has 9 nitrogen and oxygen atoms in total. The van der Waals surface area contributed by atoms with E-state index in [9.17, 15) is 19.2 Å². The Morgan fingerprint density at radius 3 is 1.97 bits per heavy atom. The summed E-state index contributed by atoms with van der Waals surface area (Å²) in [7, 11) is 1.00. The Bertz CT molecular complexity index is 565. The predicted molar refractivity (Wildman–Crippen MR) is 142 cm³/mol. The number of ketones is 1. The van der Waals surface area contributed by atoms with Crippen LogP contribution in [0.15, 0.2) is 0 Å². The molecular formula is C26H54N4O5. The van der Waals surface area contributed by atoms with E-state index in [1.165, 1.54) is 12.8 Å². The quantitative estimate of drug-likeness (QED) is 0.280. The smallest absolute Gasteiger partial charge is 0.287 e. The number of nitrogens with one attached hydrogen (secondary N) is 1. The summed E-state index contributed by atoms with van der Waals surface area (Å²) in [6, 6.07) is -0.328. The van der Waals surface area contributed by atoms with Crippen LogP contribution in [0.2, 0.25) is 0 Å². The summed E-state index contributed by atoms with van der Waals surface area (Å²) in [5, 5.41) is 9.33. The fourth-order valence-corrected chi connectivity index (χ4v) is 3.80. The molecule has 3 amide bonds. The molecule has 2 unspecified atom stereocenters. The molecular weight excluding hydrogens is 448 g/mol. The van der Waals surface area contributed by atoms with E-state index in [1.807, 2.05) is 18.7 Å². The van der Waals surface area contributed by atoms with Crippen molar-refractivity contribution in [1.29, 1.82) is 0 Å². The third-order valence-corrected chi connectivity index (χ3v) is 5.69.